The summed E-state index contributed by atoms with van der Waals surface area (Å²) >= 11 is 8.45. The number of benzene rings is 1. The van der Waals surface area contributed by atoms with Gasteiger partial charge < -0.3 is 20.7 Å². The molecule has 5 nitrogen and oxygen atoms in total. The Kier molecular flexibility index (Phi) is 5.96. The Morgan fingerprint density at radius 2 is 2.14 bits per heavy atom. The summed E-state index contributed by atoms with van der Waals surface area (Å²) in [5, 5.41) is 3.23. The highest BCUT2D eigenvalue weighted by molar-refractivity contribution is 9.10. The van der Waals surface area contributed by atoms with Crippen molar-refractivity contribution >= 4 is 44.7 Å². The fourth-order valence-electron chi connectivity index (χ4n) is 2.15. The highest BCUT2D eigenvalue weighted by Gasteiger charge is 2.16. The predicted molar refractivity (Wildman–Crippen MR) is 90.5 cm³/mol. The van der Waals surface area contributed by atoms with Crippen LogP contribution in [0, 0.1) is 0 Å². The van der Waals surface area contributed by atoms with E-state index < -0.39 is 0 Å². The van der Waals surface area contributed by atoms with Gasteiger partial charge in [-0.2, -0.15) is 0 Å². The molecule has 0 radical (unpaired) electrons. The van der Waals surface area contributed by atoms with Gasteiger partial charge in [0.2, 0.25) is 5.91 Å². The van der Waals surface area contributed by atoms with Crippen molar-refractivity contribution in [3.8, 4) is 0 Å². The Hall–Kier alpha value is -1.18. The van der Waals surface area contributed by atoms with E-state index in [4.69, 9.17) is 22.7 Å². The Labute approximate surface area is 137 Å². The zero-order chi connectivity index (χ0) is 15.2. The van der Waals surface area contributed by atoms with Crippen molar-refractivity contribution in [2.75, 3.05) is 38.2 Å². The molecule has 0 atom stereocenters. The lowest BCUT2D eigenvalue weighted by Crippen LogP contribution is -2.41. The van der Waals surface area contributed by atoms with Crippen LogP contribution >= 0.6 is 28.1 Å². The Morgan fingerprint density at radius 3 is 2.81 bits per heavy atom. The maximum absolute atomic E-state index is 12.0. The summed E-state index contributed by atoms with van der Waals surface area (Å²) < 4.78 is 6.17. The minimum absolute atomic E-state index is 0.137. The number of amides is 1. The molecule has 7 heteroatoms. The number of nitrogens with one attached hydrogen (secondary N) is 1. The van der Waals surface area contributed by atoms with E-state index >= 15 is 0 Å². The average Bonchev–Trinajstić information content (AvgIpc) is 2.48. The molecule has 114 valence electrons. The molecule has 0 aliphatic carbocycles. The molecule has 1 aromatic rings. The summed E-state index contributed by atoms with van der Waals surface area (Å²) in [4.78, 5) is 14.2. The summed E-state index contributed by atoms with van der Waals surface area (Å²) in [6.45, 7) is 3.14. The third-order valence-corrected chi connectivity index (χ3v) is 3.98. The molecule has 0 bridgehead atoms. The van der Waals surface area contributed by atoms with E-state index in [0.29, 0.717) is 44.3 Å². The summed E-state index contributed by atoms with van der Waals surface area (Å²) in [7, 11) is 0. The summed E-state index contributed by atoms with van der Waals surface area (Å²) in [5.74, 6) is 0.137. The van der Waals surface area contributed by atoms with Crippen LogP contribution in [-0.4, -0.2) is 48.6 Å². The van der Waals surface area contributed by atoms with Crippen LogP contribution in [0.2, 0.25) is 0 Å². The number of nitrogens with zero attached hydrogens (tertiary/aromatic N) is 1. The lowest BCUT2D eigenvalue weighted by molar-refractivity contribution is -0.134. The first-order valence-electron chi connectivity index (χ1n) is 6.76. The number of anilines is 1. The molecule has 1 aliphatic heterocycles. The molecule has 0 aromatic heterocycles. The summed E-state index contributed by atoms with van der Waals surface area (Å²) in [5.41, 5.74) is 7.32. The minimum Gasteiger partial charge on any atom is -0.389 e. The fraction of sp³-hybridized carbons (Fsp3) is 0.429. The van der Waals surface area contributed by atoms with Crippen LogP contribution < -0.4 is 11.1 Å². The number of nitrogens with two attached hydrogens (primary N) is 1. The van der Waals surface area contributed by atoms with Crippen LogP contribution in [-0.2, 0) is 9.53 Å². The van der Waals surface area contributed by atoms with Crippen LogP contribution in [0.3, 0.4) is 0 Å². The van der Waals surface area contributed by atoms with E-state index in [1.807, 2.05) is 23.1 Å². The van der Waals surface area contributed by atoms with Gasteiger partial charge in [0.15, 0.2) is 0 Å². The van der Waals surface area contributed by atoms with Crippen molar-refractivity contribution in [3.63, 3.8) is 0 Å². The van der Waals surface area contributed by atoms with Gasteiger partial charge in [-0.3, -0.25) is 4.79 Å². The minimum atomic E-state index is 0.137. The standard InChI is InChI=1S/C14H18BrN3O2S/c15-10-1-2-11(14(16)21)12(9-10)17-4-3-13(19)18-5-7-20-8-6-18/h1-2,9,17H,3-8H2,(H2,16,21). The van der Waals surface area contributed by atoms with Crippen LogP contribution in [0.1, 0.15) is 12.0 Å². The Morgan fingerprint density at radius 1 is 1.43 bits per heavy atom. The van der Waals surface area contributed by atoms with E-state index in [9.17, 15) is 4.79 Å². The average molecular weight is 372 g/mol. The fourth-order valence-corrected chi connectivity index (χ4v) is 2.69. The SMILES string of the molecule is NC(=S)c1ccc(Br)cc1NCCC(=O)N1CCOCC1. The quantitative estimate of drug-likeness (QED) is 0.771. The van der Waals surface area contributed by atoms with Crippen molar-refractivity contribution in [1.29, 1.82) is 0 Å². The molecule has 1 heterocycles. The van der Waals surface area contributed by atoms with Gasteiger partial charge in [0.1, 0.15) is 4.99 Å². The van der Waals surface area contributed by atoms with Crippen LogP contribution in [0.15, 0.2) is 22.7 Å². The second-order valence-electron chi connectivity index (χ2n) is 4.72. The van der Waals surface area contributed by atoms with Crippen molar-refractivity contribution in [2.45, 2.75) is 6.42 Å². The number of hydrogen-bond acceptors (Lipinski definition) is 4. The predicted octanol–water partition coefficient (Wildman–Crippen LogP) is 1.74. The normalized spacial score (nSPS) is 14.8. The first-order chi connectivity index (χ1) is 10.1. The topological polar surface area (TPSA) is 67.6 Å². The van der Waals surface area contributed by atoms with Crippen LogP contribution in [0.5, 0.6) is 0 Å². The maximum atomic E-state index is 12.0. The van der Waals surface area contributed by atoms with E-state index in [1.165, 1.54) is 0 Å². The third kappa shape index (κ3) is 4.66. The lowest BCUT2D eigenvalue weighted by atomic mass is 10.1. The van der Waals surface area contributed by atoms with E-state index in [1.54, 1.807) is 0 Å². The van der Waals surface area contributed by atoms with Crippen molar-refractivity contribution in [2.24, 2.45) is 5.73 Å². The Bertz CT molecular complexity index is 533. The first kappa shape index (κ1) is 16.2. The monoisotopic (exact) mass is 371 g/mol. The molecule has 1 aromatic carbocycles. The Balaban J connectivity index is 1.89. The number of hydrogen-bond donors (Lipinski definition) is 2. The van der Waals surface area contributed by atoms with Crippen LogP contribution in [0.4, 0.5) is 5.69 Å². The third-order valence-electron chi connectivity index (χ3n) is 3.27. The van der Waals surface area contributed by atoms with E-state index in [0.717, 1.165) is 15.7 Å². The largest absolute Gasteiger partial charge is 0.389 e. The van der Waals surface area contributed by atoms with Gasteiger partial charge in [-0.05, 0) is 18.2 Å². The summed E-state index contributed by atoms with van der Waals surface area (Å²) in [6.07, 6.45) is 0.434. The molecule has 0 saturated carbocycles. The number of morpholine rings is 1. The first-order valence-corrected chi connectivity index (χ1v) is 7.97. The van der Waals surface area contributed by atoms with Crippen molar-refractivity contribution < 1.29 is 9.53 Å². The van der Waals surface area contributed by atoms with E-state index in [2.05, 4.69) is 21.2 Å². The smallest absolute Gasteiger partial charge is 0.224 e. The zero-order valence-corrected chi connectivity index (χ0v) is 14.0. The number of halogens is 1. The number of thiocarbonyl (C=S) groups is 1. The number of rotatable bonds is 5. The number of carbonyl (C=O) groups is 1. The molecule has 3 N–H and O–H groups in total. The van der Waals surface area contributed by atoms with Crippen molar-refractivity contribution in [3.05, 3.63) is 28.2 Å². The number of ether oxygens (including phenoxy) is 1. The molecular weight excluding hydrogens is 354 g/mol. The molecule has 1 saturated heterocycles. The summed E-state index contributed by atoms with van der Waals surface area (Å²) in [6, 6.07) is 5.66. The maximum Gasteiger partial charge on any atom is 0.224 e. The molecule has 1 amide bonds. The lowest BCUT2D eigenvalue weighted by Gasteiger charge is -2.27. The van der Waals surface area contributed by atoms with E-state index in [-0.39, 0.29) is 5.91 Å². The molecule has 1 fully saturated rings. The second-order valence-corrected chi connectivity index (χ2v) is 6.08. The zero-order valence-electron chi connectivity index (χ0n) is 11.6. The van der Waals surface area contributed by atoms with Gasteiger partial charge in [-0.25, -0.2) is 0 Å². The van der Waals surface area contributed by atoms with Gasteiger partial charge in [0, 0.05) is 41.8 Å². The van der Waals surface area contributed by atoms with Gasteiger partial charge >= 0.3 is 0 Å². The molecule has 1 aliphatic rings. The highest BCUT2D eigenvalue weighted by atomic mass is 79.9. The van der Waals surface area contributed by atoms with Crippen LogP contribution in [0.25, 0.3) is 0 Å². The van der Waals surface area contributed by atoms with Gasteiger partial charge in [0.25, 0.3) is 0 Å². The van der Waals surface area contributed by atoms with Crippen molar-refractivity contribution in [1.82, 2.24) is 4.90 Å². The highest BCUT2D eigenvalue weighted by Crippen LogP contribution is 2.21. The molecule has 21 heavy (non-hydrogen) atoms. The van der Waals surface area contributed by atoms with Gasteiger partial charge in [-0.15, -0.1) is 0 Å². The molecule has 2 rings (SSSR count). The number of carbonyl (C=O) groups excluding carboxylic acids is 1. The van der Waals surface area contributed by atoms with Gasteiger partial charge in [0.05, 0.1) is 13.2 Å². The molecule has 0 unspecified atom stereocenters. The molecular formula is C14H18BrN3O2S. The second kappa shape index (κ2) is 7.72. The van der Waals surface area contributed by atoms with Gasteiger partial charge in [-0.1, -0.05) is 28.1 Å². The molecule has 0 spiro atoms.